The van der Waals surface area contributed by atoms with Gasteiger partial charge in [0, 0.05) is 18.0 Å². The monoisotopic (exact) mass is 277 g/mol. The lowest BCUT2D eigenvalue weighted by atomic mass is 9.59. The van der Waals surface area contributed by atoms with Crippen LogP contribution in [0.1, 0.15) is 46.0 Å². The second-order valence-electron chi connectivity index (χ2n) is 6.98. The Bertz CT molecular complexity index is 484. The molecule has 2 N–H and O–H groups in total. The van der Waals surface area contributed by atoms with Crippen molar-refractivity contribution in [3.05, 3.63) is 11.8 Å². The Morgan fingerprint density at radius 2 is 2.20 bits per heavy atom. The summed E-state index contributed by atoms with van der Waals surface area (Å²) < 4.78 is 0. The highest BCUT2D eigenvalue weighted by atomic mass is 16.4. The van der Waals surface area contributed by atoms with E-state index in [2.05, 4.69) is 18.3 Å². The lowest BCUT2D eigenvalue weighted by Crippen LogP contribution is -2.45. The van der Waals surface area contributed by atoms with Gasteiger partial charge in [-0.2, -0.15) is 0 Å². The molecule has 0 spiro atoms. The molecule has 4 heteroatoms. The summed E-state index contributed by atoms with van der Waals surface area (Å²) in [6.07, 6.45) is 6.67. The van der Waals surface area contributed by atoms with Crippen LogP contribution in [0, 0.1) is 29.1 Å². The minimum atomic E-state index is -0.677. The number of carboxylic acids is 1. The van der Waals surface area contributed by atoms with Crippen LogP contribution >= 0.6 is 0 Å². The molecule has 20 heavy (non-hydrogen) atoms. The van der Waals surface area contributed by atoms with Crippen LogP contribution in [0.2, 0.25) is 0 Å². The molecule has 4 nitrogen and oxygen atoms in total. The predicted octanol–water partition coefficient (Wildman–Crippen LogP) is 2.55. The third-order valence-corrected chi connectivity index (χ3v) is 6.09. The lowest BCUT2D eigenvalue weighted by Gasteiger charge is -2.47. The number of fused-ring (bicyclic) bond motifs is 3. The van der Waals surface area contributed by atoms with Crippen LogP contribution < -0.4 is 5.32 Å². The van der Waals surface area contributed by atoms with E-state index in [9.17, 15) is 14.7 Å². The molecule has 1 heterocycles. The van der Waals surface area contributed by atoms with E-state index in [-0.39, 0.29) is 23.2 Å². The number of hydrogen-bond donors (Lipinski definition) is 2. The Morgan fingerprint density at radius 1 is 1.45 bits per heavy atom. The molecule has 110 valence electrons. The van der Waals surface area contributed by atoms with Gasteiger partial charge in [0.1, 0.15) is 0 Å². The smallest absolute Gasteiger partial charge is 0.306 e. The van der Waals surface area contributed by atoms with Gasteiger partial charge < -0.3 is 10.4 Å². The summed E-state index contributed by atoms with van der Waals surface area (Å²) >= 11 is 0. The summed E-state index contributed by atoms with van der Waals surface area (Å²) in [6.45, 7) is 4.11. The number of allylic oxidation sites excluding steroid dienone is 2. The summed E-state index contributed by atoms with van der Waals surface area (Å²) in [5, 5.41) is 12.4. The molecule has 0 aromatic rings. The first-order valence-corrected chi connectivity index (χ1v) is 7.66. The average Bonchev–Trinajstić information content (AvgIpc) is 2.75. The van der Waals surface area contributed by atoms with Crippen LogP contribution in [-0.4, -0.2) is 17.0 Å². The maximum absolute atomic E-state index is 11.5. The zero-order chi connectivity index (χ0) is 14.5. The second kappa shape index (κ2) is 4.61. The van der Waals surface area contributed by atoms with Gasteiger partial charge in [-0.25, -0.2) is 0 Å². The molecule has 0 aromatic carbocycles. The van der Waals surface area contributed by atoms with E-state index >= 15 is 0 Å². The highest BCUT2D eigenvalue weighted by Gasteiger charge is 2.54. The fraction of sp³-hybridized carbons (Fsp3) is 0.750. The minimum absolute atomic E-state index is 0.0774. The Morgan fingerprint density at radius 3 is 2.90 bits per heavy atom. The first-order valence-electron chi connectivity index (χ1n) is 7.66. The van der Waals surface area contributed by atoms with Crippen LogP contribution in [0.5, 0.6) is 0 Å². The number of carbonyl (C=O) groups excluding carboxylic acids is 1. The molecule has 1 saturated carbocycles. The molecule has 0 radical (unpaired) electrons. The average molecular weight is 277 g/mol. The Hall–Kier alpha value is -1.32. The SMILES string of the molecule is CC(C(=O)O)C1CCC2C3CCC(=O)NC3=CCC12C. The van der Waals surface area contributed by atoms with Crippen molar-refractivity contribution >= 4 is 11.9 Å². The molecule has 5 atom stereocenters. The van der Waals surface area contributed by atoms with E-state index in [0.717, 1.165) is 31.4 Å². The van der Waals surface area contributed by atoms with Gasteiger partial charge in [0.2, 0.25) is 5.91 Å². The molecule has 0 aromatic heterocycles. The summed E-state index contributed by atoms with van der Waals surface area (Å²) in [5.74, 6) is 0.374. The van der Waals surface area contributed by atoms with E-state index in [1.54, 1.807) is 0 Å². The highest BCUT2D eigenvalue weighted by Crippen LogP contribution is 2.60. The molecular formula is C16H23NO3. The van der Waals surface area contributed by atoms with Gasteiger partial charge in [0.15, 0.2) is 0 Å². The number of amides is 1. The van der Waals surface area contributed by atoms with Gasteiger partial charge in [0.25, 0.3) is 0 Å². The molecule has 5 unspecified atom stereocenters. The van der Waals surface area contributed by atoms with Crippen molar-refractivity contribution in [1.82, 2.24) is 5.32 Å². The van der Waals surface area contributed by atoms with Crippen molar-refractivity contribution in [2.75, 3.05) is 0 Å². The topological polar surface area (TPSA) is 66.4 Å². The van der Waals surface area contributed by atoms with E-state index in [1.165, 1.54) is 0 Å². The van der Waals surface area contributed by atoms with Crippen molar-refractivity contribution in [2.24, 2.45) is 29.1 Å². The van der Waals surface area contributed by atoms with Gasteiger partial charge in [-0.3, -0.25) is 9.59 Å². The van der Waals surface area contributed by atoms with Gasteiger partial charge in [-0.1, -0.05) is 19.9 Å². The normalized spacial score (nSPS) is 41.2. The standard InChI is InChI=1S/C16H23NO3/c1-9(15(19)20)11-4-5-12-10-3-6-14(18)17-13(10)7-8-16(11,12)2/h7,9-12H,3-6,8H2,1-2H3,(H,17,18)(H,19,20). The first-order chi connectivity index (χ1) is 9.43. The van der Waals surface area contributed by atoms with Gasteiger partial charge in [0.05, 0.1) is 5.92 Å². The summed E-state index contributed by atoms with van der Waals surface area (Å²) in [7, 11) is 0. The van der Waals surface area contributed by atoms with Crippen LogP contribution in [0.15, 0.2) is 11.8 Å². The largest absolute Gasteiger partial charge is 0.481 e. The Kier molecular flexibility index (Phi) is 3.14. The Balaban J connectivity index is 1.89. The van der Waals surface area contributed by atoms with Crippen molar-refractivity contribution in [3.63, 3.8) is 0 Å². The third kappa shape index (κ3) is 1.88. The number of carboxylic acid groups (broad SMARTS) is 1. The molecule has 1 saturated heterocycles. The number of aliphatic carboxylic acids is 1. The number of hydrogen-bond acceptors (Lipinski definition) is 2. The zero-order valence-corrected chi connectivity index (χ0v) is 12.2. The molecule has 1 aliphatic heterocycles. The maximum Gasteiger partial charge on any atom is 0.306 e. The van der Waals surface area contributed by atoms with Crippen molar-refractivity contribution in [3.8, 4) is 0 Å². The molecular weight excluding hydrogens is 254 g/mol. The summed E-state index contributed by atoms with van der Waals surface area (Å²) in [5.41, 5.74) is 1.18. The quantitative estimate of drug-likeness (QED) is 0.815. The minimum Gasteiger partial charge on any atom is -0.481 e. The fourth-order valence-corrected chi connectivity index (χ4v) is 4.96. The van der Waals surface area contributed by atoms with E-state index in [4.69, 9.17) is 0 Å². The van der Waals surface area contributed by atoms with Crippen LogP contribution in [-0.2, 0) is 9.59 Å². The molecule has 1 amide bonds. The zero-order valence-electron chi connectivity index (χ0n) is 12.2. The van der Waals surface area contributed by atoms with Gasteiger partial charge in [-0.05, 0) is 42.9 Å². The number of nitrogens with one attached hydrogen (secondary N) is 1. The van der Waals surface area contributed by atoms with Crippen LogP contribution in [0.4, 0.5) is 0 Å². The maximum atomic E-state index is 11.5. The number of carbonyl (C=O) groups is 2. The first kappa shape index (κ1) is 13.7. The van der Waals surface area contributed by atoms with Crippen molar-refractivity contribution < 1.29 is 14.7 Å². The van der Waals surface area contributed by atoms with E-state index < -0.39 is 5.97 Å². The van der Waals surface area contributed by atoms with Gasteiger partial charge >= 0.3 is 5.97 Å². The Labute approximate surface area is 119 Å². The number of piperidine rings is 1. The third-order valence-electron chi connectivity index (χ3n) is 6.09. The van der Waals surface area contributed by atoms with Crippen molar-refractivity contribution in [2.45, 2.75) is 46.0 Å². The summed E-state index contributed by atoms with van der Waals surface area (Å²) in [4.78, 5) is 22.9. The summed E-state index contributed by atoms with van der Waals surface area (Å²) in [6, 6.07) is 0. The fourth-order valence-electron chi connectivity index (χ4n) is 4.96. The second-order valence-corrected chi connectivity index (χ2v) is 6.98. The van der Waals surface area contributed by atoms with E-state index in [1.807, 2.05) is 6.92 Å². The van der Waals surface area contributed by atoms with E-state index in [0.29, 0.717) is 18.3 Å². The highest BCUT2D eigenvalue weighted by molar-refractivity contribution is 5.79. The predicted molar refractivity (Wildman–Crippen MR) is 74.7 cm³/mol. The molecule has 2 aliphatic carbocycles. The number of rotatable bonds is 2. The van der Waals surface area contributed by atoms with Crippen molar-refractivity contribution in [1.29, 1.82) is 0 Å². The van der Waals surface area contributed by atoms with Gasteiger partial charge in [-0.15, -0.1) is 0 Å². The van der Waals surface area contributed by atoms with Crippen LogP contribution in [0.25, 0.3) is 0 Å². The molecule has 0 bridgehead atoms. The molecule has 3 rings (SSSR count). The van der Waals surface area contributed by atoms with Crippen LogP contribution in [0.3, 0.4) is 0 Å². The molecule has 3 aliphatic rings. The molecule has 2 fully saturated rings. The lowest BCUT2D eigenvalue weighted by molar-refractivity contribution is -0.144.